The average molecular weight is 381 g/mol. The second-order valence-electron chi connectivity index (χ2n) is 8.26. The quantitative estimate of drug-likeness (QED) is 0.817. The van der Waals surface area contributed by atoms with E-state index in [1.165, 1.54) is 44.2 Å². The van der Waals surface area contributed by atoms with Crippen LogP contribution in [0.3, 0.4) is 0 Å². The molecule has 1 saturated heterocycles. The molecule has 3 aliphatic rings. The summed E-state index contributed by atoms with van der Waals surface area (Å²) in [5.74, 6) is 1.19. The Bertz CT molecular complexity index is 887. The molecule has 5 rings (SSSR count). The number of carbonyl (C=O) groups is 1. The van der Waals surface area contributed by atoms with E-state index >= 15 is 0 Å². The molecule has 0 N–H and O–H groups in total. The highest BCUT2D eigenvalue weighted by molar-refractivity contribution is 5.80. The highest BCUT2D eigenvalue weighted by Gasteiger charge is 2.52. The summed E-state index contributed by atoms with van der Waals surface area (Å²) in [4.78, 5) is 23.8. The number of hydrogen-bond donors (Lipinski definition) is 0. The van der Waals surface area contributed by atoms with Crippen LogP contribution in [0.1, 0.15) is 60.7 Å². The third-order valence-electron chi connectivity index (χ3n) is 6.35. The molecule has 28 heavy (non-hydrogen) atoms. The first-order chi connectivity index (χ1) is 13.6. The Hall–Kier alpha value is -2.34. The topological polar surface area (TPSA) is 55.3 Å². The fourth-order valence-electron chi connectivity index (χ4n) is 4.66. The van der Waals surface area contributed by atoms with Gasteiger partial charge >= 0.3 is 0 Å². The summed E-state index contributed by atoms with van der Waals surface area (Å²) < 4.78 is 19.1. The normalized spacial score (nSPS) is 20.8. The number of amides is 1. The van der Waals surface area contributed by atoms with Crippen molar-refractivity contribution in [3.63, 3.8) is 0 Å². The van der Waals surface area contributed by atoms with Gasteiger partial charge in [0.15, 0.2) is 0 Å². The molecule has 3 heterocycles. The summed E-state index contributed by atoms with van der Waals surface area (Å²) in [5.41, 5.74) is 2.40. The first-order valence-electron chi connectivity index (χ1n) is 10.2. The van der Waals surface area contributed by atoms with Crippen LogP contribution in [0.25, 0.3) is 0 Å². The highest BCUT2D eigenvalue weighted by Crippen LogP contribution is 2.43. The van der Waals surface area contributed by atoms with Gasteiger partial charge in [0, 0.05) is 17.7 Å². The molecule has 6 heteroatoms. The van der Waals surface area contributed by atoms with E-state index in [0.717, 1.165) is 22.6 Å². The predicted octanol–water partition coefficient (Wildman–Crippen LogP) is 3.47. The van der Waals surface area contributed by atoms with Crippen molar-refractivity contribution >= 4 is 5.91 Å². The highest BCUT2D eigenvalue weighted by atomic mass is 19.1. The minimum Gasteiger partial charge on any atom is -0.360 e. The Labute approximate surface area is 163 Å². The van der Waals surface area contributed by atoms with Gasteiger partial charge in [-0.25, -0.2) is 14.4 Å². The van der Waals surface area contributed by atoms with Gasteiger partial charge in [-0.3, -0.25) is 4.79 Å². The van der Waals surface area contributed by atoms with E-state index in [1.807, 2.05) is 6.20 Å². The molecule has 1 amide bonds. The molecule has 2 aromatic rings. The molecule has 1 spiro atoms. The van der Waals surface area contributed by atoms with E-state index in [-0.39, 0.29) is 18.1 Å². The third-order valence-corrected chi connectivity index (χ3v) is 6.35. The van der Waals surface area contributed by atoms with Crippen molar-refractivity contribution in [1.82, 2.24) is 14.9 Å². The zero-order valence-electron chi connectivity index (χ0n) is 15.9. The number of fused-ring (bicyclic) bond motifs is 2. The van der Waals surface area contributed by atoms with Crippen LogP contribution in [0, 0.1) is 5.82 Å². The summed E-state index contributed by atoms with van der Waals surface area (Å²) >= 11 is 0. The largest absolute Gasteiger partial charge is 0.360 e. The first kappa shape index (κ1) is 17.7. The van der Waals surface area contributed by atoms with Crippen molar-refractivity contribution in [2.75, 3.05) is 13.1 Å². The van der Waals surface area contributed by atoms with E-state index in [0.29, 0.717) is 25.6 Å². The number of nitrogens with zero attached hydrogens (tertiary/aromatic N) is 3. The Morgan fingerprint density at radius 3 is 2.68 bits per heavy atom. The van der Waals surface area contributed by atoms with Crippen LogP contribution in [0.5, 0.6) is 0 Å². The number of benzene rings is 1. The molecule has 0 bridgehead atoms. The van der Waals surface area contributed by atoms with Gasteiger partial charge < -0.3 is 9.64 Å². The molecule has 1 saturated carbocycles. The second kappa shape index (κ2) is 6.92. The lowest BCUT2D eigenvalue weighted by Crippen LogP contribution is -2.61. The lowest BCUT2D eigenvalue weighted by atomic mass is 9.86. The maximum Gasteiger partial charge on any atom is 0.227 e. The summed E-state index contributed by atoms with van der Waals surface area (Å²) in [5, 5.41) is 0. The summed E-state index contributed by atoms with van der Waals surface area (Å²) in [7, 11) is 0. The van der Waals surface area contributed by atoms with Crippen LogP contribution >= 0.6 is 0 Å². The van der Waals surface area contributed by atoms with E-state index in [2.05, 4.69) is 4.98 Å². The molecule has 1 aromatic carbocycles. The number of hydrogen-bond acceptors (Lipinski definition) is 4. The number of likely N-dealkylation sites (tertiary alicyclic amines) is 1. The van der Waals surface area contributed by atoms with Crippen LogP contribution in [-0.4, -0.2) is 33.9 Å². The monoisotopic (exact) mass is 381 g/mol. The van der Waals surface area contributed by atoms with Crippen LogP contribution < -0.4 is 0 Å². The van der Waals surface area contributed by atoms with Gasteiger partial charge in [0.05, 0.1) is 31.8 Å². The standard InChI is InChI=1S/C22H24FN3O2/c23-17-8-6-15(7-9-17)10-20(27)26-13-22(14-26)18-11-24-21(25-19(18)12-28-22)16-4-2-1-3-5-16/h6-9,11,16H,1-5,10,12-14H2. The van der Waals surface area contributed by atoms with Crippen molar-refractivity contribution < 1.29 is 13.9 Å². The summed E-state index contributed by atoms with van der Waals surface area (Å²) in [6.07, 6.45) is 8.40. The molecule has 2 fully saturated rings. The molecule has 1 aliphatic carbocycles. The van der Waals surface area contributed by atoms with E-state index in [9.17, 15) is 9.18 Å². The van der Waals surface area contributed by atoms with Gasteiger partial charge in [-0.2, -0.15) is 0 Å². The molecule has 1 aromatic heterocycles. The van der Waals surface area contributed by atoms with Crippen LogP contribution in [-0.2, 0) is 28.2 Å². The molecular formula is C22H24FN3O2. The van der Waals surface area contributed by atoms with Gasteiger partial charge in [-0.1, -0.05) is 31.4 Å². The van der Waals surface area contributed by atoms with Gasteiger partial charge in [-0.05, 0) is 30.5 Å². The smallest absolute Gasteiger partial charge is 0.227 e. The van der Waals surface area contributed by atoms with Crippen molar-refractivity contribution in [3.05, 3.63) is 58.9 Å². The minimum atomic E-state index is -0.446. The van der Waals surface area contributed by atoms with Gasteiger partial charge in [0.1, 0.15) is 17.2 Å². The molecule has 5 nitrogen and oxygen atoms in total. The van der Waals surface area contributed by atoms with Crippen molar-refractivity contribution in [3.8, 4) is 0 Å². The minimum absolute atomic E-state index is 0.0361. The lowest BCUT2D eigenvalue weighted by molar-refractivity contribution is -0.168. The number of ether oxygens (including phenoxy) is 1. The van der Waals surface area contributed by atoms with E-state index < -0.39 is 5.60 Å². The van der Waals surface area contributed by atoms with Crippen LogP contribution in [0.15, 0.2) is 30.5 Å². The Morgan fingerprint density at radius 1 is 1.18 bits per heavy atom. The van der Waals surface area contributed by atoms with Gasteiger partial charge in [0.25, 0.3) is 0 Å². The average Bonchev–Trinajstić information content (AvgIpc) is 3.08. The van der Waals surface area contributed by atoms with Gasteiger partial charge in [-0.15, -0.1) is 0 Å². The van der Waals surface area contributed by atoms with Crippen molar-refractivity contribution in [1.29, 1.82) is 0 Å². The Morgan fingerprint density at radius 2 is 1.93 bits per heavy atom. The van der Waals surface area contributed by atoms with E-state index in [1.54, 1.807) is 17.0 Å². The predicted molar refractivity (Wildman–Crippen MR) is 101 cm³/mol. The number of halogens is 1. The van der Waals surface area contributed by atoms with E-state index in [4.69, 9.17) is 9.72 Å². The maximum atomic E-state index is 13.0. The fraction of sp³-hybridized carbons (Fsp3) is 0.500. The first-order valence-corrected chi connectivity index (χ1v) is 10.2. The molecular weight excluding hydrogens is 357 g/mol. The molecule has 0 atom stereocenters. The maximum absolute atomic E-state index is 13.0. The number of rotatable bonds is 3. The second-order valence-corrected chi connectivity index (χ2v) is 8.26. The van der Waals surface area contributed by atoms with Crippen molar-refractivity contribution in [2.45, 2.75) is 56.7 Å². The van der Waals surface area contributed by atoms with Crippen molar-refractivity contribution in [2.24, 2.45) is 0 Å². The van der Waals surface area contributed by atoms with Gasteiger partial charge in [0.2, 0.25) is 5.91 Å². The zero-order valence-corrected chi connectivity index (χ0v) is 15.9. The third kappa shape index (κ3) is 3.09. The molecule has 0 unspecified atom stereocenters. The van der Waals surface area contributed by atoms with Crippen LogP contribution in [0.4, 0.5) is 4.39 Å². The fourth-order valence-corrected chi connectivity index (χ4v) is 4.66. The summed E-state index contributed by atoms with van der Waals surface area (Å²) in [6.45, 7) is 1.57. The molecule has 146 valence electrons. The van der Waals surface area contributed by atoms with Crippen LogP contribution in [0.2, 0.25) is 0 Å². The SMILES string of the molecule is O=C(Cc1ccc(F)cc1)N1CC2(C1)OCc1nc(C3CCCCC3)ncc12. The molecule has 0 radical (unpaired) electrons. The molecule has 2 aliphatic heterocycles. The Balaban J connectivity index is 1.25. The number of carbonyl (C=O) groups excluding carboxylic acids is 1. The lowest BCUT2D eigenvalue weighted by Gasteiger charge is -2.47. The Kier molecular flexibility index (Phi) is 4.38. The summed E-state index contributed by atoms with van der Waals surface area (Å²) in [6, 6.07) is 6.09. The number of aromatic nitrogens is 2. The zero-order chi connectivity index (χ0) is 19.1.